The third-order valence-corrected chi connectivity index (χ3v) is 2.92. The third-order valence-electron chi connectivity index (χ3n) is 2.92. The molecule has 6 nitrogen and oxygen atoms in total. The largest absolute Gasteiger partial charge is 0.494 e. The lowest BCUT2D eigenvalue weighted by Crippen LogP contribution is -2.30. The number of hydrogen-bond donors (Lipinski definition) is 1. The van der Waals surface area contributed by atoms with Crippen LogP contribution in [-0.2, 0) is 25.5 Å². The molecule has 1 rings (SSSR count). The fourth-order valence-electron chi connectivity index (χ4n) is 1.75. The Morgan fingerprint density at radius 1 is 1.09 bits per heavy atom. The molecule has 0 aliphatic carbocycles. The molecule has 120 valence electrons. The summed E-state index contributed by atoms with van der Waals surface area (Å²) in [6, 6.07) is 7.22. The lowest BCUT2D eigenvalue weighted by molar-refractivity contribution is -0.141. The van der Waals surface area contributed by atoms with Crippen molar-refractivity contribution in [3.63, 3.8) is 0 Å². The van der Waals surface area contributed by atoms with Crippen molar-refractivity contribution >= 4 is 17.7 Å². The minimum atomic E-state index is -0.436. The van der Waals surface area contributed by atoms with Crippen LogP contribution in [0, 0.1) is 0 Å². The standard InChI is InChI=1S/C16H21NO5/c1-3-22-14-7-4-12(5-8-14)10-15(19)17-11-13(18)6-9-16(20)21-2/h4-5,7-8H,3,6,9-11H2,1-2H3,(H,17,19). The summed E-state index contributed by atoms with van der Waals surface area (Å²) in [4.78, 5) is 34.1. The van der Waals surface area contributed by atoms with Crippen LogP contribution in [-0.4, -0.2) is 37.9 Å². The maximum atomic E-state index is 11.7. The van der Waals surface area contributed by atoms with Gasteiger partial charge in [-0.1, -0.05) is 12.1 Å². The lowest BCUT2D eigenvalue weighted by Gasteiger charge is -2.06. The predicted octanol–water partition coefficient (Wildman–Crippen LogP) is 1.27. The van der Waals surface area contributed by atoms with Crippen molar-refractivity contribution in [3.05, 3.63) is 29.8 Å². The Kier molecular flexibility index (Phi) is 7.67. The van der Waals surface area contributed by atoms with Gasteiger partial charge in [0, 0.05) is 6.42 Å². The van der Waals surface area contributed by atoms with E-state index in [1.165, 1.54) is 7.11 Å². The van der Waals surface area contributed by atoms with Crippen LogP contribution in [0.4, 0.5) is 0 Å². The second kappa shape index (κ2) is 9.55. The van der Waals surface area contributed by atoms with E-state index in [0.717, 1.165) is 11.3 Å². The van der Waals surface area contributed by atoms with Gasteiger partial charge in [-0.05, 0) is 24.6 Å². The van der Waals surface area contributed by atoms with E-state index >= 15 is 0 Å². The maximum absolute atomic E-state index is 11.7. The third kappa shape index (κ3) is 6.88. The first-order valence-corrected chi connectivity index (χ1v) is 7.12. The topological polar surface area (TPSA) is 81.7 Å². The van der Waals surface area contributed by atoms with E-state index in [0.29, 0.717) is 6.61 Å². The summed E-state index contributed by atoms with van der Waals surface area (Å²) in [5.74, 6) is -0.125. The Morgan fingerprint density at radius 3 is 2.36 bits per heavy atom. The van der Waals surface area contributed by atoms with Gasteiger partial charge in [0.25, 0.3) is 0 Å². The molecule has 0 radical (unpaired) electrons. The van der Waals surface area contributed by atoms with Crippen molar-refractivity contribution in [1.82, 2.24) is 5.32 Å². The molecule has 0 saturated heterocycles. The molecule has 1 aromatic carbocycles. The molecule has 0 bridgehead atoms. The van der Waals surface area contributed by atoms with E-state index in [-0.39, 0.29) is 37.5 Å². The van der Waals surface area contributed by atoms with Crippen molar-refractivity contribution < 1.29 is 23.9 Å². The number of benzene rings is 1. The van der Waals surface area contributed by atoms with Gasteiger partial charge in [-0.15, -0.1) is 0 Å². The van der Waals surface area contributed by atoms with Crippen LogP contribution in [0.3, 0.4) is 0 Å². The van der Waals surface area contributed by atoms with Gasteiger partial charge >= 0.3 is 5.97 Å². The normalized spacial score (nSPS) is 9.91. The minimum Gasteiger partial charge on any atom is -0.494 e. The number of Topliss-reactive ketones (excluding diaryl/α,β-unsaturated/α-hetero) is 1. The summed E-state index contributed by atoms with van der Waals surface area (Å²) in [7, 11) is 1.27. The van der Waals surface area contributed by atoms with Crippen molar-refractivity contribution in [2.45, 2.75) is 26.2 Å². The van der Waals surface area contributed by atoms with Crippen molar-refractivity contribution in [2.24, 2.45) is 0 Å². The molecule has 0 spiro atoms. The zero-order chi connectivity index (χ0) is 16.4. The molecule has 0 aromatic heterocycles. The SMILES string of the molecule is CCOc1ccc(CC(=O)NCC(=O)CCC(=O)OC)cc1. The van der Waals surface area contributed by atoms with E-state index in [9.17, 15) is 14.4 Å². The van der Waals surface area contributed by atoms with Gasteiger partial charge in [-0.25, -0.2) is 0 Å². The summed E-state index contributed by atoms with van der Waals surface area (Å²) >= 11 is 0. The molecular formula is C16H21NO5. The van der Waals surface area contributed by atoms with Crippen molar-refractivity contribution in [2.75, 3.05) is 20.3 Å². The van der Waals surface area contributed by atoms with E-state index in [1.807, 2.05) is 19.1 Å². The molecule has 0 aliphatic heterocycles. The second-order valence-corrected chi connectivity index (χ2v) is 4.65. The number of amides is 1. The van der Waals surface area contributed by atoms with E-state index in [2.05, 4.69) is 10.1 Å². The first kappa shape index (κ1) is 17.7. The van der Waals surface area contributed by atoms with Crippen LogP contribution in [0.2, 0.25) is 0 Å². The number of carbonyl (C=O) groups is 3. The number of carbonyl (C=O) groups excluding carboxylic acids is 3. The zero-order valence-corrected chi connectivity index (χ0v) is 12.9. The number of rotatable bonds is 9. The average Bonchev–Trinajstić information content (AvgIpc) is 2.52. The Labute approximate surface area is 129 Å². The van der Waals surface area contributed by atoms with Gasteiger partial charge in [0.15, 0.2) is 5.78 Å². The molecule has 1 N–H and O–H groups in total. The van der Waals surface area contributed by atoms with Crippen LogP contribution in [0.15, 0.2) is 24.3 Å². The van der Waals surface area contributed by atoms with E-state index in [4.69, 9.17) is 4.74 Å². The van der Waals surface area contributed by atoms with Gasteiger partial charge in [-0.3, -0.25) is 14.4 Å². The average molecular weight is 307 g/mol. The number of nitrogens with one attached hydrogen (secondary N) is 1. The van der Waals surface area contributed by atoms with E-state index < -0.39 is 5.97 Å². The zero-order valence-electron chi connectivity index (χ0n) is 12.9. The summed E-state index contributed by atoms with van der Waals surface area (Å²) < 4.78 is 9.76. The van der Waals surface area contributed by atoms with Crippen molar-refractivity contribution in [1.29, 1.82) is 0 Å². The molecule has 0 fully saturated rings. The Balaban J connectivity index is 2.30. The molecule has 0 saturated carbocycles. The molecule has 6 heteroatoms. The Bertz CT molecular complexity index is 510. The maximum Gasteiger partial charge on any atom is 0.305 e. The summed E-state index contributed by atoms with van der Waals surface area (Å²) in [5.41, 5.74) is 0.836. The van der Waals surface area contributed by atoms with Crippen LogP contribution in [0.5, 0.6) is 5.75 Å². The fourth-order valence-corrected chi connectivity index (χ4v) is 1.75. The van der Waals surface area contributed by atoms with Crippen LogP contribution >= 0.6 is 0 Å². The molecule has 1 aromatic rings. The highest BCUT2D eigenvalue weighted by atomic mass is 16.5. The highest BCUT2D eigenvalue weighted by Crippen LogP contribution is 2.12. The first-order chi connectivity index (χ1) is 10.5. The molecule has 0 aliphatic rings. The lowest BCUT2D eigenvalue weighted by atomic mass is 10.1. The molecular weight excluding hydrogens is 286 g/mol. The number of ether oxygens (including phenoxy) is 2. The smallest absolute Gasteiger partial charge is 0.305 e. The van der Waals surface area contributed by atoms with Crippen LogP contribution in [0.1, 0.15) is 25.3 Å². The quantitative estimate of drug-likeness (QED) is 0.695. The van der Waals surface area contributed by atoms with Gasteiger partial charge in [0.1, 0.15) is 5.75 Å². The number of hydrogen-bond acceptors (Lipinski definition) is 5. The molecule has 22 heavy (non-hydrogen) atoms. The van der Waals surface area contributed by atoms with Gasteiger partial charge in [0.05, 0.1) is 33.1 Å². The van der Waals surface area contributed by atoms with Crippen LogP contribution in [0.25, 0.3) is 0 Å². The summed E-state index contributed by atoms with van der Waals surface area (Å²) in [5, 5.41) is 2.54. The molecule has 0 heterocycles. The summed E-state index contributed by atoms with van der Waals surface area (Å²) in [6.45, 7) is 2.42. The number of methoxy groups -OCH3 is 1. The minimum absolute atomic E-state index is 0.0318. The highest BCUT2D eigenvalue weighted by Gasteiger charge is 2.09. The second-order valence-electron chi connectivity index (χ2n) is 4.65. The number of esters is 1. The first-order valence-electron chi connectivity index (χ1n) is 7.12. The van der Waals surface area contributed by atoms with Gasteiger partial charge < -0.3 is 14.8 Å². The molecule has 0 atom stereocenters. The predicted molar refractivity (Wildman–Crippen MR) is 80.6 cm³/mol. The van der Waals surface area contributed by atoms with Crippen molar-refractivity contribution in [3.8, 4) is 5.75 Å². The Morgan fingerprint density at radius 2 is 1.77 bits per heavy atom. The summed E-state index contributed by atoms with van der Waals surface area (Å²) in [6.07, 6.45) is 0.288. The number of ketones is 1. The van der Waals surface area contributed by atoms with E-state index in [1.54, 1.807) is 12.1 Å². The van der Waals surface area contributed by atoms with Crippen LogP contribution < -0.4 is 10.1 Å². The van der Waals surface area contributed by atoms with Gasteiger partial charge in [0.2, 0.25) is 5.91 Å². The monoisotopic (exact) mass is 307 g/mol. The van der Waals surface area contributed by atoms with Gasteiger partial charge in [-0.2, -0.15) is 0 Å². The molecule has 1 amide bonds. The molecule has 0 unspecified atom stereocenters. The Hall–Kier alpha value is -2.37. The fraction of sp³-hybridized carbons (Fsp3) is 0.438. The highest BCUT2D eigenvalue weighted by molar-refractivity contribution is 5.88.